The first-order valence-corrected chi connectivity index (χ1v) is 10.2. The number of hydrogen-bond donors (Lipinski definition) is 1. The highest BCUT2D eigenvalue weighted by molar-refractivity contribution is 5.95. The number of rotatable bonds is 6. The molecule has 4 rings (SSSR count). The quantitative estimate of drug-likeness (QED) is 0.391. The molecule has 1 amide bonds. The normalized spacial score (nSPS) is 10.4. The van der Waals surface area contributed by atoms with E-state index in [-0.39, 0.29) is 5.91 Å². The second-order valence-corrected chi connectivity index (χ2v) is 7.08. The summed E-state index contributed by atoms with van der Waals surface area (Å²) in [6.45, 7) is 3.37. The van der Waals surface area contributed by atoms with Gasteiger partial charge in [-0.25, -0.2) is 9.67 Å². The van der Waals surface area contributed by atoms with E-state index in [0.717, 1.165) is 35.6 Å². The Labute approximate surface area is 181 Å². The van der Waals surface area contributed by atoms with Gasteiger partial charge in [-0.1, -0.05) is 30.0 Å². The zero-order valence-electron chi connectivity index (χ0n) is 17.3. The van der Waals surface area contributed by atoms with Gasteiger partial charge in [0.1, 0.15) is 5.82 Å². The maximum absolute atomic E-state index is 12.7. The van der Waals surface area contributed by atoms with Crippen LogP contribution < -0.4 is 5.32 Å². The molecule has 0 saturated heterocycles. The van der Waals surface area contributed by atoms with Gasteiger partial charge in [-0.15, -0.1) is 0 Å². The third-order valence-electron chi connectivity index (χ3n) is 4.91. The Kier molecular flexibility index (Phi) is 6.24. The second-order valence-electron chi connectivity index (χ2n) is 7.08. The van der Waals surface area contributed by atoms with Crippen LogP contribution in [0.1, 0.15) is 33.7 Å². The summed E-state index contributed by atoms with van der Waals surface area (Å²) < 4.78 is 3.83. The zero-order chi connectivity index (χ0) is 21.5. The monoisotopic (exact) mass is 409 g/mol. The Bertz CT molecular complexity index is 1210. The van der Waals surface area contributed by atoms with Gasteiger partial charge in [-0.05, 0) is 49.7 Å². The van der Waals surface area contributed by atoms with Crippen LogP contribution in [0.25, 0.3) is 5.69 Å². The Morgan fingerprint density at radius 2 is 1.90 bits per heavy atom. The molecule has 0 bridgehead atoms. The second kappa shape index (κ2) is 9.59. The predicted molar refractivity (Wildman–Crippen MR) is 120 cm³/mol. The van der Waals surface area contributed by atoms with Crippen molar-refractivity contribution >= 4 is 5.91 Å². The lowest BCUT2D eigenvalue weighted by Gasteiger charge is -2.10. The molecule has 0 fully saturated rings. The number of hydrogen-bond acceptors (Lipinski definition) is 3. The van der Waals surface area contributed by atoms with Gasteiger partial charge in [-0.2, -0.15) is 5.10 Å². The van der Waals surface area contributed by atoms with Gasteiger partial charge >= 0.3 is 0 Å². The van der Waals surface area contributed by atoms with Crippen LogP contribution in [0.2, 0.25) is 0 Å². The minimum absolute atomic E-state index is 0.114. The van der Waals surface area contributed by atoms with Crippen LogP contribution in [-0.2, 0) is 6.54 Å². The van der Waals surface area contributed by atoms with E-state index in [0.29, 0.717) is 12.1 Å². The summed E-state index contributed by atoms with van der Waals surface area (Å²) in [6, 6.07) is 17.1. The average Bonchev–Trinajstić information content (AvgIpc) is 3.48. The van der Waals surface area contributed by atoms with Crippen molar-refractivity contribution in [3.8, 4) is 17.5 Å². The van der Waals surface area contributed by atoms with Crippen LogP contribution >= 0.6 is 0 Å². The first-order chi connectivity index (χ1) is 15.2. The molecule has 6 heteroatoms. The van der Waals surface area contributed by atoms with Crippen LogP contribution in [0.5, 0.6) is 0 Å². The number of amides is 1. The van der Waals surface area contributed by atoms with Crippen LogP contribution in [-0.4, -0.2) is 31.8 Å². The molecule has 154 valence electrons. The van der Waals surface area contributed by atoms with Crippen LogP contribution in [0.15, 0.2) is 79.4 Å². The molecule has 6 nitrogen and oxygen atoms in total. The van der Waals surface area contributed by atoms with E-state index in [1.165, 1.54) is 0 Å². The molecule has 0 aliphatic carbocycles. The van der Waals surface area contributed by atoms with Gasteiger partial charge in [0.15, 0.2) is 0 Å². The van der Waals surface area contributed by atoms with Gasteiger partial charge in [-0.3, -0.25) is 4.79 Å². The van der Waals surface area contributed by atoms with E-state index in [9.17, 15) is 4.79 Å². The first kappa shape index (κ1) is 20.2. The van der Waals surface area contributed by atoms with E-state index < -0.39 is 0 Å². The summed E-state index contributed by atoms with van der Waals surface area (Å²) in [5.41, 5.74) is 3.07. The molecule has 0 atom stereocenters. The number of nitrogens with zero attached hydrogens (tertiary/aromatic N) is 4. The van der Waals surface area contributed by atoms with Crippen LogP contribution in [0.3, 0.4) is 0 Å². The minimum Gasteiger partial charge on any atom is -0.352 e. The molecule has 0 unspecified atom stereocenters. The molecule has 0 spiro atoms. The topological polar surface area (TPSA) is 64.7 Å². The Balaban J connectivity index is 1.49. The summed E-state index contributed by atoms with van der Waals surface area (Å²) in [5.74, 6) is 7.24. The lowest BCUT2D eigenvalue weighted by atomic mass is 10.1. The van der Waals surface area contributed by atoms with Gasteiger partial charge in [0.05, 0.1) is 11.3 Å². The fourth-order valence-corrected chi connectivity index (χ4v) is 3.24. The van der Waals surface area contributed by atoms with E-state index in [2.05, 4.69) is 31.8 Å². The van der Waals surface area contributed by atoms with E-state index in [1.54, 1.807) is 23.1 Å². The molecule has 0 radical (unpaired) electrons. The number of aryl methyl sites for hydroxylation is 2. The lowest BCUT2D eigenvalue weighted by Crippen LogP contribution is -2.25. The van der Waals surface area contributed by atoms with Crippen molar-refractivity contribution < 1.29 is 4.79 Å². The highest BCUT2D eigenvalue weighted by atomic mass is 16.1. The first-order valence-electron chi connectivity index (χ1n) is 10.2. The summed E-state index contributed by atoms with van der Waals surface area (Å²) in [4.78, 5) is 16.9. The highest BCUT2D eigenvalue weighted by Crippen LogP contribution is 2.16. The largest absolute Gasteiger partial charge is 0.352 e. The van der Waals surface area contributed by atoms with Gasteiger partial charge in [0.25, 0.3) is 5.91 Å². The van der Waals surface area contributed by atoms with E-state index >= 15 is 0 Å². The molecule has 2 heterocycles. The van der Waals surface area contributed by atoms with Crippen molar-refractivity contribution in [2.75, 3.05) is 6.54 Å². The molecule has 1 N–H and O–H groups in total. The molecular weight excluding hydrogens is 386 g/mol. The smallest absolute Gasteiger partial charge is 0.251 e. The van der Waals surface area contributed by atoms with Crippen molar-refractivity contribution in [1.29, 1.82) is 0 Å². The van der Waals surface area contributed by atoms with Crippen molar-refractivity contribution in [2.45, 2.75) is 19.9 Å². The fraction of sp³-hybridized carbons (Fsp3) is 0.160. The Morgan fingerprint density at radius 1 is 1.03 bits per heavy atom. The SMILES string of the molecule is Cc1nccn1CCCNC(=O)c1ccc(-n2cccn2)c(C#Cc2ccccc2)c1. The number of carbonyl (C=O) groups is 1. The molecule has 0 saturated carbocycles. The van der Waals surface area contributed by atoms with Gasteiger partial charge in [0, 0.05) is 49.0 Å². The zero-order valence-corrected chi connectivity index (χ0v) is 17.3. The average molecular weight is 409 g/mol. The molecular formula is C25H23N5O. The number of benzene rings is 2. The van der Waals surface area contributed by atoms with Crippen molar-refractivity contribution in [3.63, 3.8) is 0 Å². The maximum atomic E-state index is 12.7. The van der Waals surface area contributed by atoms with Gasteiger partial charge in [0.2, 0.25) is 0 Å². The fourth-order valence-electron chi connectivity index (χ4n) is 3.24. The van der Waals surface area contributed by atoms with Gasteiger partial charge < -0.3 is 9.88 Å². The summed E-state index contributed by atoms with van der Waals surface area (Å²) in [6.07, 6.45) is 8.14. The third kappa shape index (κ3) is 5.09. The third-order valence-corrected chi connectivity index (χ3v) is 4.91. The summed E-state index contributed by atoms with van der Waals surface area (Å²) in [5, 5.41) is 7.30. The number of imidazole rings is 1. The molecule has 2 aromatic carbocycles. The summed E-state index contributed by atoms with van der Waals surface area (Å²) >= 11 is 0. The van der Waals surface area contributed by atoms with Crippen LogP contribution in [0.4, 0.5) is 0 Å². The van der Waals surface area contributed by atoms with Crippen molar-refractivity contribution in [2.24, 2.45) is 0 Å². The standard InChI is InChI=1S/C25H23N5O/c1-20-26-15-18-29(20)16-5-13-27-25(31)23-11-12-24(30-17-6-14-28-30)22(19-23)10-9-21-7-3-2-4-8-21/h2-4,6-8,11-12,14-15,17-19H,5,13,16H2,1H3,(H,27,31). The molecule has 0 aliphatic rings. The summed E-state index contributed by atoms with van der Waals surface area (Å²) in [7, 11) is 0. The highest BCUT2D eigenvalue weighted by Gasteiger charge is 2.10. The number of aromatic nitrogens is 4. The van der Waals surface area contributed by atoms with Crippen molar-refractivity contribution in [1.82, 2.24) is 24.6 Å². The van der Waals surface area contributed by atoms with E-state index in [1.807, 2.05) is 67.8 Å². The molecule has 0 aliphatic heterocycles. The minimum atomic E-state index is -0.114. The van der Waals surface area contributed by atoms with E-state index in [4.69, 9.17) is 0 Å². The molecule has 2 aromatic heterocycles. The van der Waals surface area contributed by atoms with Crippen molar-refractivity contribution in [3.05, 3.63) is 102 Å². The lowest BCUT2D eigenvalue weighted by molar-refractivity contribution is 0.0952. The predicted octanol–water partition coefficient (Wildman–Crippen LogP) is 3.60. The maximum Gasteiger partial charge on any atom is 0.251 e. The Hall–Kier alpha value is -4.11. The molecule has 31 heavy (non-hydrogen) atoms. The number of carbonyl (C=O) groups excluding carboxylic acids is 1. The van der Waals surface area contributed by atoms with Crippen LogP contribution in [0, 0.1) is 18.8 Å². The molecule has 4 aromatic rings. The number of nitrogens with one attached hydrogen (secondary N) is 1. The Morgan fingerprint density at radius 3 is 2.65 bits per heavy atom.